The number of ether oxygens (including phenoxy) is 1. The van der Waals surface area contributed by atoms with E-state index in [1.54, 1.807) is 31.2 Å². The molecule has 0 bridgehead atoms. The van der Waals surface area contributed by atoms with E-state index in [1.807, 2.05) is 13.0 Å². The topological polar surface area (TPSA) is 63.7 Å². The van der Waals surface area contributed by atoms with Crippen molar-refractivity contribution in [2.75, 3.05) is 13.2 Å². The third-order valence-electron chi connectivity index (χ3n) is 4.04. The zero-order chi connectivity index (χ0) is 17.0. The predicted octanol–water partition coefficient (Wildman–Crippen LogP) is 2.43. The maximum atomic E-state index is 12.6. The highest BCUT2D eigenvalue weighted by atomic mass is 16.5. The third-order valence-corrected chi connectivity index (χ3v) is 4.04. The second kappa shape index (κ2) is 7.22. The fraction of sp³-hybridized carbons (Fsp3) is 0.389. The molecule has 0 unspecified atom stereocenters. The minimum atomic E-state index is -0.584. The summed E-state index contributed by atoms with van der Waals surface area (Å²) in [6, 6.07) is 8.65. The molecule has 5 heteroatoms. The van der Waals surface area contributed by atoms with Gasteiger partial charge in [0.2, 0.25) is 5.91 Å². The number of carbonyl (C=O) groups is 3. The molecule has 1 aliphatic heterocycles. The second-order valence-electron chi connectivity index (χ2n) is 5.69. The number of benzene rings is 1. The van der Waals surface area contributed by atoms with Crippen LogP contribution >= 0.6 is 0 Å². The number of carbonyl (C=O) groups excluding carboxylic acids is 3. The molecule has 2 amide bonds. The van der Waals surface area contributed by atoms with Gasteiger partial charge in [-0.3, -0.25) is 19.3 Å². The summed E-state index contributed by atoms with van der Waals surface area (Å²) in [4.78, 5) is 38.1. The van der Waals surface area contributed by atoms with Crippen molar-refractivity contribution in [3.8, 4) is 0 Å². The lowest BCUT2D eigenvalue weighted by molar-refractivity contribution is -0.146. The average molecular weight is 315 g/mol. The van der Waals surface area contributed by atoms with Gasteiger partial charge in [0.25, 0.3) is 5.91 Å². The van der Waals surface area contributed by atoms with Crippen LogP contribution in [0.3, 0.4) is 0 Å². The monoisotopic (exact) mass is 315 g/mol. The normalized spacial score (nSPS) is 20.4. The fourth-order valence-corrected chi connectivity index (χ4v) is 2.83. The molecule has 0 N–H and O–H groups in total. The van der Waals surface area contributed by atoms with Crippen molar-refractivity contribution in [2.24, 2.45) is 11.8 Å². The van der Waals surface area contributed by atoms with Gasteiger partial charge < -0.3 is 4.74 Å². The van der Waals surface area contributed by atoms with Crippen LogP contribution in [0.25, 0.3) is 0 Å². The Kier molecular flexibility index (Phi) is 5.32. The summed E-state index contributed by atoms with van der Waals surface area (Å²) in [6.45, 7) is 7.95. The molecule has 122 valence electrons. The first kappa shape index (κ1) is 16.9. The van der Waals surface area contributed by atoms with E-state index in [0.717, 1.165) is 5.57 Å². The fourth-order valence-electron chi connectivity index (χ4n) is 2.83. The number of amides is 2. The molecule has 1 heterocycles. The average Bonchev–Trinajstić information content (AvgIpc) is 2.85. The van der Waals surface area contributed by atoms with Crippen LogP contribution < -0.4 is 0 Å². The molecule has 0 aliphatic carbocycles. The molecule has 0 spiro atoms. The van der Waals surface area contributed by atoms with Gasteiger partial charge in [-0.2, -0.15) is 0 Å². The summed E-state index contributed by atoms with van der Waals surface area (Å²) in [5.74, 6) is -1.90. The first-order valence-electron chi connectivity index (χ1n) is 7.67. The van der Waals surface area contributed by atoms with Crippen LogP contribution in [0.4, 0.5) is 0 Å². The van der Waals surface area contributed by atoms with Crippen molar-refractivity contribution in [1.29, 1.82) is 0 Å². The van der Waals surface area contributed by atoms with Crippen molar-refractivity contribution in [3.63, 3.8) is 0 Å². The molecule has 1 saturated heterocycles. The van der Waals surface area contributed by atoms with E-state index >= 15 is 0 Å². The molecule has 23 heavy (non-hydrogen) atoms. The summed E-state index contributed by atoms with van der Waals surface area (Å²) in [6.07, 6.45) is -0.0250. The van der Waals surface area contributed by atoms with Gasteiger partial charge in [-0.25, -0.2) is 0 Å². The number of likely N-dealkylation sites (tertiary alicyclic amines) is 1. The Morgan fingerprint density at radius 3 is 2.52 bits per heavy atom. The molecule has 2 atom stereocenters. The molecule has 1 fully saturated rings. The van der Waals surface area contributed by atoms with Crippen LogP contribution in [0.5, 0.6) is 0 Å². The third kappa shape index (κ3) is 3.67. The molecule has 5 nitrogen and oxygen atoms in total. The van der Waals surface area contributed by atoms with Crippen LogP contribution in [0.2, 0.25) is 0 Å². The van der Waals surface area contributed by atoms with Crippen molar-refractivity contribution < 1.29 is 19.1 Å². The van der Waals surface area contributed by atoms with E-state index in [0.29, 0.717) is 5.56 Å². The maximum absolute atomic E-state index is 12.6. The van der Waals surface area contributed by atoms with Gasteiger partial charge in [0.1, 0.15) is 0 Å². The summed E-state index contributed by atoms with van der Waals surface area (Å²) in [7, 11) is 0. The van der Waals surface area contributed by atoms with Crippen LogP contribution in [0, 0.1) is 11.8 Å². The van der Waals surface area contributed by atoms with Gasteiger partial charge in [0.15, 0.2) is 0 Å². The molecular formula is C18H21NO4. The quantitative estimate of drug-likeness (QED) is 0.475. The van der Waals surface area contributed by atoms with Crippen molar-refractivity contribution >= 4 is 17.8 Å². The first-order chi connectivity index (χ1) is 11.0. The number of imide groups is 1. The van der Waals surface area contributed by atoms with E-state index in [-0.39, 0.29) is 37.3 Å². The highest BCUT2D eigenvalue weighted by Gasteiger charge is 2.44. The lowest BCUT2D eigenvalue weighted by Gasteiger charge is -2.15. The zero-order valence-electron chi connectivity index (χ0n) is 13.5. The standard InChI is InChI=1S/C18H21NO4/c1-4-23-16(20)10-14-15(12(2)3)11-19(18(14)22)17(21)13-8-6-5-7-9-13/h5-9,14-15H,2,4,10-11H2,1,3H3/t14-,15+/m0/s1. The van der Waals surface area contributed by atoms with Gasteiger partial charge in [-0.15, -0.1) is 0 Å². The minimum Gasteiger partial charge on any atom is -0.466 e. The van der Waals surface area contributed by atoms with Gasteiger partial charge in [0, 0.05) is 18.0 Å². The summed E-state index contributed by atoms with van der Waals surface area (Å²) >= 11 is 0. The van der Waals surface area contributed by atoms with Gasteiger partial charge in [0.05, 0.1) is 18.9 Å². The molecular weight excluding hydrogens is 294 g/mol. The number of nitrogens with zero attached hydrogens (tertiary/aromatic N) is 1. The van der Waals surface area contributed by atoms with Crippen LogP contribution in [0.1, 0.15) is 30.6 Å². The molecule has 0 aromatic heterocycles. The largest absolute Gasteiger partial charge is 0.466 e. The van der Waals surface area contributed by atoms with Crippen LogP contribution in [-0.2, 0) is 14.3 Å². The molecule has 0 radical (unpaired) electrons. The Labute approximate surface area is 135 Å². The summed E-state index contributed by atoms with van der Waals surface area (Å²) in [5, 5.41) is 0. The second-order valence-corrected chi connectivity index (χ2v) is 5.69. The molecule has 0 saturated carbocycles. The van der Waals surface area contributed by atoms with E-state index in [1.165, 1.54) is 4.90 Å². The zero-order valence-corrected chi connectivity index (χ0v) is 13.5. The highest BCUT2D eigenvalue weighted by molar-refractivity contribution is 6.07. The van der Waals surface area contributed by atoms with Crippen LogP contribution in [-0.4, -0.2) is 35.8 Å². The van der Waals surface area contributed by atoms with E-state index < -0.39 is 11.9 Å². The molecule has 1 aliphatic rings. The lowest BCUT2D eigenvalue weighted by Crippen LogP contribution is -2.34. The van der Waals surface area contributed by atoms with E-state index in [9.17, 15) is 14.4 Å². The number of rotatable bonds is 5. The number of hydrogen-bond donors (Lipinski definition) is 0. The van der Waals surface area contributed by atoms with Gasteiger partial charge in [-0.05, 0) is 26.0 Å². The highest BCUT2D eigenvalue weighted by Crippen LogP contribution is 2.33. The predicted molar refractivity (Wildman–Crippen MR) is 85.5 cm³/mol. The van der Waals surface area contributed by atoms with Gasteiger partial charge >= 0.3 is 5.97 Å². The Morgan fingerprint density at radius 2 is 1.96 bits per heavy atom. The van der Waals surface area contributed by atoms with Crippen LogP contribution in [0.15, 0.2) is 42.5 Å². The Bertz CT molecular complexity index is 623. The van der Waals surface area contributed by atoms with E-state index in [2.05, 4.69) is 6.58 Å². The van der Waals surface area contributed by atoms with Crippen molar-refractivity contribution in [2.45, 2.75) is 20.3 Å². The Balaban J connectivity index is 2.21. The first-order valence-corrected chi connectivity index (χ1v) is 7.67. The summed E-state index contributed by atoms with van der Waals surface area (Å²) < 4.78 is 4.94. The van der Waals surface area contributed by atoms with Crippen molar-refractivity contribution in [1.82, 2.24) is 4.90 Å². The Hall–Kier alpha value is -2.43. The van der Waals surface area contributed by atoms with Gasteiger partial charge in [-0.1, -0.05) is 30.4 Å². The summed E-state index contributed by atoms with van der Waals surface area (Å²) in [5.41, 5.74) is 1.24. The molecule has 1 aromatic carbocycles. The van der Waals surface area contributed by atoms with E-state index in [4.69, 9.17) is 4.74 Å². The number of esters is 1. The SMILES string of the molecule is C=C(C)[C@H]1CN(C(=O)c2ccccc2)C(=O)[C@H]1CC(=O)OCC. The maximum Gasteiger partial charge on any atom is 0.306 e. The molecule has 1 aromatic rings. The minimum absolute atomic E-state index is 0.0250. The smallest absolute Gasteiger partial charge is 0.306 e. The number of hydrogen-bond acceptors (Lipinski definition) is 4. The lowest BCUT2D eigenvalue weighted by atomic mass is 9.87. The van der Waals surface area contributed by atoms with Crippen molar-refractivity contribution in [3.05, 3.63) is 48.0 Å². The molecule has 2 rings (SSSR count). The Morgan fingerprint density at radius 1 is 1.30 bits per heavy atom.